The second kappa shape index (κ2) is 5.30. The van der Waals surface area contributed by atoms with Crippen molar-refractivity contribution in [2.45, 2.75) is 19.6 Å². The highest BCUT2D eigenvalue weighted by atomic mass is 28.4. The van der Waals surface area contributed by atoms with Gasteiger partial charge in [0.1, 0.15) is 0 Å². The highest BCUT2D eigenvalue weighted by molar-refractivity contribution is 6.70. The molecule has 1 aromatic rings. The average Bonchev–Trinajstić information content (AvgIpc) is 2.26. The summed E-state index contributed by atoms with van der Waals surface area (Å²) in [5.41, 5.74) is 0.103. The Labute approximate surface area is 107 Å². The van der Waals surface area contributed by atoms with Gasteiger partial charge in [0.2, 0.25) is 8.32 Å². The molecule has 0 fully saturated rings. The number of rotatable bonds is 5. The number of benzene rings is 1. The fraction of sp³-hybridized carbons (Fsp3) is 0.417. The summed E-state index contributed by atoms with van der Waals surface area (Å²) in [6.45, 7) is 6.07. The molecule has 0 atom stereocenters. The highest BCUT2D eigenvalue weighted by Gasteiger charge is 2.23. The van der Waals surface area contributed by atoms with Gasteiger partial charge in [-0.15, -0.1) is 0 Å². The molecule has 1 rings (SSSR count). The normalized spacial score (nSPS) is 10.9. The molecule has 0 heterocycles. The van der Waals surface area contributed by atoms with E-state index >= 15 is 0 Å². The largest absolute Gasteiger partial charge is 0.539 e. The molecule has 5 nitrogen and oxygen atoms in total. The number of carbonyl (C=O) groups is 1. The first-order valence-electron chi connectivity index (χ1n) is 5.47. The number of carboxylic acid groups (broad SMARTS) is 1. The lowest BCUT2D eigenvalue weighted by Crippen LogP contribution is -2.29. The summed E-state index contributed by atoms with van der Waals surface area (Å²) >= 11 is 0. The molecule has 0 aliphatic rings. The van der Waals surface area contributed by atoms with Crippen LogP contribution in [0, 0.1) is 0 Å². The third-order valence-corrected chi connectivity index (χ3v) is 2.93. The van der Waals surface area contributed by atoms with E-state index in [1.54, 1.807) is 0 Å². The summed E-state index contributed by atoms with van der Waals surface area (Å²) in [5.74, 6) is 0.165. The van der Waals surface area contributed by atoms with E-state index in [2.05, 4.69) is 0 Å². The van der Waals surface area contributed by atoms with Crippen molar-refractivity contribution in [3.63, 3.8) is 0 Å². The molecule has 0 aliphatic carbocycles. The van der Waals surface area contributed by atoms with Gasteiger partial charge in [-0.1, -0.05) is 0 Å². The smallest absolute Gasteiger partial charge is 0.335 e. The first-order chi connectivity index (χ1) is 8.28. The minimum Gasteiger partial charge on any atom is -0.539 e. The Morgan fingerprint density at radius 3 is 1.83 bits per heavy atom. The summed E-state index contributed by atoms with van der Waals surface area (Å²) in [4.78, 5) is 11.0. The Hall–Kier alpha value is -1.69. The van der Waals surface area contributed by atoms with Crippen molar-refractivity contribution in [1.82, 2.24) is 0 Å². The monoisotopic (exact) mass is 270 g/mol. The molecule has 0 unspecified atom stereocenters. The van der Waals surface area contributed by atoms with Gasteiger partial charge >= 0.3 is 5.97 Å². The predicted molar refractivity (Wildman–Crippen MR) is 70.5 cm³/mol. The fourth-order valence-corrected chi connectivity index (χ4v) is 2.22. The van der Waals surface area contributed by atoms with Crippen LogP contribution in [0.25, 0.3) is 0 Å². The van der Waals surface area contributed by atoms with Crippen LogP contribution < -0.4 is 13.9 Å². The fourth-order valence-electron chi connectivity index (χ4n) is 1.41. The van der Waals surface area contributed by atoms with Crippen molar-refractivity contribution < 1.29 is 23.8 Å². The van der Waals surface area contributed by atoms with E-state index in [4.69, 9.17) is 19.0 Å². The molecule has 100 valence electrons. The Balaban J connectivity index is 3.34. The lowest BCUT2D eigenvalue weighted by Gasteiger charge is -2.23. The van der Waals surface area contributed by atoms with E-state index in [1.165, 1.54) is 26.4 Å². The van der Waals surface area contributed by atoms with Gasteiger partial charge in [-0.05, 0) is 31.8 Å². The van der Waals surface area contributed by atoms with Crippen LogP contribution in [0.2, 0.25) is 19.6 Å². The first kappa shape index (κ1) is 14.4. The minimum absolute atomic E-state index is 0.103. The average molecular weight is 270 g/mol. The zero-order valence-corrected chi connectivity index (χ0v) is 12.2. The zero-order valence-electron chi connectivity index (χ0n) is 11.2. The van der Waals surface area contributed by atoms with Gasteiger partial charge in [0, 0.05) is 0 Å². The van der Waals surface area contributed by atoms with Crippen molar-refractivity contribution in [3.05, 3.63) is 17.7 Å². The number of hydrogen-bond acceptors (Lipinski definition) is 4. The van der Waals surface area contributed by atoms with Gasteiger partial charge in [0.25, 0.3) is 0 Å². The Bertz CT molecular complexity index is 425. The van der Waals surface area contributed by atoms with E-state index in [9.17, 15) is 4.79 Å². The summed E-state index contributed by atoms with van der Waals surface area (Å²) in [6.07, 6.45) is 0. The van der Waals surface area contributed by atoms with E-state index in [0.29, 0.717) is 17.2 Å². The topological polar surface area (TPSA) is 65.0 Å². The molecule has 0 aromatic heterocycles. The molecule has 0 radical (unpaired) electrons. The minimum atomic E-state index is -1.85. The predicted octanol–water partition coefficient (Wildman–Crippen LogP) is 2.62. The highest BCUT2D eigenvalue weighted by Crippen LogP contribution is 2.40. The van der Waals surface area contributed by atoms with Gasteiger partial charge < -0.3 is 19.0 Å². The van der Waals surface area contributed by atoms with Gasteiger partial charge in [-0.25, -0.2) is 4.79 Å². The third kappa shape index (κ3) is 3.40. The number of hydrogen-bond donors (Lipinski definition) is 1. The van der Waals surface area contributed by atoms with Gasteiger partial charge in [-0.3, -0.25) is 0 Å². The second-order valence-electron chi connectivity index (χ2n) is 4.73. The van der Waals surface area contributed by atoms with Crippen LogP contribution in [0.5, 0.6) is 17.2 Å². The number of ether oxygens (including phenoxy) is 2. The van der Waals surface area contributed by atoms with Crippen molar-refractivity contribution in [1.29, 1.82) is 0 Å². The molecule has 0 aliphatic heterocycles. The van der Waals surface area contributed by atoms with Gasteiger partial charge in [0.05, 0.1) is 19.8 Å². The summed E-state index contributed by atoms with van der Waals surface area (Å²) in [6, 6.07) is 2.86. The summed E-state index contributed by atoms with van der Waals surface area (Å²) in [5, 5.41) is 9.00. The van der Waals surface area contributed by atoms with E-state index in [0.717, 1.165) is 0 Å². The molecule has 0 bridgehead atoms. The van der Waals surface area contributed by atoms with Crippen LogP contribution in [0.1, 0.15) is 10.4 Å². The van der Waals surface area contributed by atoms with Crippen LogP contribution in [0.15, 0.2) is 12.1 Å². The zero-order chi connectivity index (χ0) is 13.9. The van der Waals surface area contributed by atoms with Gasteiger partial charge in [-0.2, -0.15) is 0 Å². The molecule has 0 amide bonds. The molecular formula is C12H18O5Si. The first-order valence-corrected chi connectivity index (χ1v) is 8.87. The van der Waals surface area contributed by atoms with Crippen LogP contribution in [-0.2, 0) is 0 Å². The molecule has 1 N–H and O–H groups in total. The SMILES string of the molecule is COc1cc(C(=O)O)cc(OC)c1O[Si](C)(C)C. The van der Waals surface area contributed by atoms with E-state index in [1.807, 2.05) is 19.6 Å². The van der Waals surface area contributed by atoms with Crippen LogP contribution in [-0.4, -0.2) is 33.6 Å². The lowest BCUT2D eigenvalue weighted by atomic mass is 10.2. The van der Waals surface area contributed by atoms with Crippen molar-refractivity contribution in [2.75, 3.05) is 14.2 Å². The Kier molecular flexibility index (Phi) is 4.23. The Morgan fingerprint density at radius 2 is 1.56 bits per heavy atom. The maximum Gasteiger partial charge on any atom is 0.335 e. The van der Waals surface area contributed by atoms with Crippen LogP contribution in [0.4, 0.5) is 0 Å². The maximum atomic E-state index is 11.0. The van der Waals surface area contributed by atoms with Crippen molar-refractivity contribution in [3.8, 4) is 17.2 Å². The molecule has 1 aromatic carbocycles. The van der Waals surface area contributed by atoms with Gasteiger partial charge in [0.15, 0.2) is 17.2 Å². The molecule has 6 heteroatoms. The van der Waals surface area contributed by atoms with E-state index < -0.39 is 14.3 Å². The molecule has 0 saturated heterocycles. The van der Waals surface area contributed by atoms with Crippen LogP contribution in [0.3, 0.4) is 0 Å². The quantitative estimate of drug-likeness (QED) is 0.833. The second-order valence-corrected chi connectivity index (χ2v) is 9.16. The molecule has 18 heavy (non-hydrogen) atoms. The third-order valence-electron chi connectivity index (χ3n) is 2.12. The maximum absolute atomic E-state index is 11.0. The van der Waals surface area contributed by atoms with E-state index in [-0.39, 0.29) is 5.56 Å². The number of methoxy groups -OCH3 is 2. The lowest BCUT2D eigenvalue weighted by molar-refractivity contribution is 0.0696. The molecule has 0 spiro atoms. The van der Waals surface area contributed by atoms with Crippen molar-refractivity contribution >= 4 is 14.3 Å². The van der Waals surface area contributed by atoms with Crippen molar-refractivity contribution in [2.24, 2.45) is 0 Å². The number of aromatic carboxylic acids is 1. The molecule has 0 saturated carbocycles. The Morgan fingerprint density at radius 1 is 1.11 bits per heavy atom. The number of carboxylic acids is 1. The molecular weight excluding hydrogens is 252 g/mol. The summed E-state index contributed by atoms with van der Waals surface area (Å²) < 4.78 is 16.2. The summed E-state index contributed by atoms with van der Waals surface area (Å²) in [7, 11) is 1.09. The van der Waals surface area contributed by atoms with Crippen LogP contribution >= 0.6 is 0 Å². The standard InChI is InChI=1S/C12H18O5Si/c1-15-9-6-8(12(13)14)7-10(16-2)11(9)17-18(3,4)5/h6-7H,1-5H3,(H,13,14).